The van der Waals surface area contributed by atoms with Gasteiger partial charge in [-0.2, -0.15) is 0 Å². The SMILES string of the molecule is O=C1CCC(C(=O)NC2CCCC2C(=O)O)N1. The molecule has 17 heavy (non-hydrogen) atoms. The molecule has 3 atom stereocenters. The first-order valence-corrected chi connectivity index (χ1v) is 5.90. The molecule has 2 aliphatic rings. The highest BCUT2D eigenvalue weighted by atomic mass is 16.4. The number of rotatable bonds is 3. The van der Waals surface area contributed by atoms with Gasteiger partial charge < -0.3 is 15.7 Å². The average Bonchev–Trinajstić information content (AvgIpc) is 2.86. The highest BCUT2D eigenvalue weighted by molar-refractivity contribution is 5.91. The van der Waals surface area contributed by atoms with Crippen molar-refractivity contribution in [1.29, 1.82) is 0 Å². The van der Waals surface area contributed by atoms with Crippen molar-refractivity contribution in [1.82, 2.24) is 10.6 Å². The number of carboxylic acid groups (broad SMARTS) is 1. The predicted octanol–water partition coefficient (Wildman–Crippen LogP) is -0.365. The fourth-order valence-corrected chi connectivity index (χ4v) is 2.52. The molecule has 3 unspecified atom stereocenters. The van der Waals surface area contributed by atoms with E-state index in [1.807, 2.05) is 0 Å². The third-order valence-corrected chi connectivity index (χ3v) is 3.47. The lowest BCUT2D eigenvalue weighted by Crippen LogP contribution is -2.48. The Morgan fingerprint density at radius 2 is 2.06 bits per heavy atom. The largest absolute Gasteiger partial charge is 0.481 e. The molecule has 2 amide bonds. The molecule has 0 aromatic rings. The molecular formula is C11H16N2O4. The molecule has 0 spiro atoms. The fraction of sp³-hybridized carbons (Fsp3) is 0.727. The summed E-state index contributed by atoms with van der Waals surface area (Å²) in [5.41, 5.74) is 0. The van der Waals surface area contributed by atoms with E-state index < -0.39 is 17.9 Å². The molecule has 6 nitrogen and oxygen atoms in total. The Morgan fingerprint density at radius 3 is 2.65 bits per heavy atom. The Balaban J connectivity index is 1.90. The molecule has 0 bridgehead atoms. The summed E-state index contributed by atoms with van der Waals surface area (Å²) in [5, 5.41) is 14.3. The first kappa shape index (κ1) is 11.9. The van der Waals surface area contributed by atoms with Crippen LogP contribution in [0.5, 0.6) is 0 Å². The first-order chi connectivity index (χ1) is 8.08. The van der Waals surface area contributed by atoms with Gasteiger partial charge in [-0.1, -0.05) is 6.42 Å². The van der Waals surface area contributed by atoms with Crippen LogP contribution in [0.2, 0.25) is 0 Å². The van der Waals surface area contributed by atoms with E-state index in [0.29, 0.717) is 25.7 Å². The zero-order valence-electron chi connectivity index (χ0n) is 9.44. The van der Waals surface area contributed by atoms with Crippen LogP contribution in [0.15, 0.2) is 0 Å². The number of amides is 2. The second-order valence-electron chi connectivity index (χ2n) is 4.65. The van der Waals surface area contributed by atoms with E-state index in [0.717, 1.165) is 6.42 Å². The van der Waals surface area contributed by atoms with Crippen molar-refractivity contribution in [3.05, 3.63) is 0 Å². The third-order valence-electron chi connectivity index (χ3n) is 3.47. The molecule has 1 aliphatic carbocycles. The van der Waals surface area contributed by atoms with Gasteiger partial charge in [-0.3, -0.25) is 14.4 Å². The Hall–Kier alpha value is -1.59. The maximum absolute atomic E-state index is 11.8. The van der Waals surface area contributed by atoms with Crippen LogP contribution in [0.25, 0.3) is 0 Å². The van der Waals surface area contributed by atoms with Crippen molar-refractivity contribution in [2.45, 2.75) is 44.2 Å². The molecule has 0 aromatic carbocycles. The molecule has 94 valence electrons. The lowest BCUT2D eigenvalue weighted by atomic mass is 10.0. The molecule has 3 N–H and O–H groups in total. The molecular weight excluding hydrogens is 224 g/mol. The van der Waals surface area contributed by atoms with E-state index in [4.69, 9.17) is 5.11 Å². The number of hydrogen-bond acceptors (Lipinski definition) is 3. The van der Waals surface area contributed by atoms with E-state index in [9.17, 15) is 14.4 Å². The maximum atomic E-state index is 11.8. The van der Waals surface area contributed by atoms with Crippen molar-refractivity contribution >= 4 is 17.8 Å². The Labute approximate surface area is 98.8 Å². The van der Waals surface area contributed by atoms with Crippen LogP contribution in [0.4, 0.5) is 0 Å². The molecule has 1 aliphatic heterocycles. The number of hydrogen-bond donors (Lipinski definition) is 3. The van der Waals surface area contributed by atoms with Gasteiger partial charge in [-0.25, -0.2) is 0 Å². The number of carbonyl (C=O) groups excluding carboxylic acids is 2. The summed E-state index contributed by atoms with van der Waals surface area (Å²) in [6.07, 6.45) is 2.99. The summed E-state index contributed by atoms with van der Waals surface area (Å²) in [6, 6.07) is -0.782. The highest BCUT2D eigenvalue weighted by Gasteiger charge is 2.36. The van der Waals surface area contributed by atoms with Crippen molar-refractivity contribution in [2.75, 3.05) is 0 Å². The molecule has 2 fully saturated rings. The molecule has 1 saturated heterocycles. The van der Waals surface area contributed by atoms with E-state index in [1.165, 1.54) is 0 Å². The second-order valence-corrected chi connectivity index (χ2v) is 4.65. The summed E-state index contributed by atoms with van der Waals surface area (Å²) in [7, 11) is 0. The van der Waals surface area contributed by atoms with Crippen molar-refractivity contribution in [2.24, 2.45) is 5.92 Å². The molecule has 2 rings (SSSR count). The molecule has 0 aromatic heterocycles. The van der Waals surface area contributed by atoms with Gasteiger partial charge in [0, 0.05) is 12.5 Å². The Morgan fingerprint density at radius 1 is 1.29 bits per heavy atom. The minimum absolute atomic E-state index is 0.119. The molecule has 0 radical (unpaired) electrons. The quantitative estimate of drug-likeness (QED) is 0.627. The van der Waals surface area contributed by atoms with Crippen LogP contribution in [0.1, 0.15) is 32.1 Å². The van der Waals surface area contributed by atoms with Crippen molar-refractivity contribution in [3.8, 4) is 0 Å². The zero-order valence-corrected chi connectivity index (χ0v) is 9.44. The van der Waals surface area contributed by atoms with Gasteiger partial charge in [0.25, 0.3) is 0 Å². The van der Waals surface area contributed by atoms with E-state index in [2.05, 4.69) is 10.6 Å². The van der Waals surface area contributed by atoms with E-state index in [-0.39, 0.29) is 17.9 Å². The van der Waals surface area contributed by atoms with Gasteiger partial charge in [0.2, 0.25) is 11.8 Å². The van der Waals surface area contributed by atoms with Crippen molar-refractivity contribution < 1.29 is 19.5 Å². The van der Waals surface area contributed by atoms with Gasteiger partial charge in [0.15, 0.2) is 0 Å². The normalized spacial score (nSPS) is 32.2. The maximum Gasteiger partial charge on any atom is 0.308 e. The number of aliphatic carboxylic acids is 1. The average molecular weight is 240 g/mol. The number of nitrogens with one attached hydrogen (secondary N) is 2. The highest BCUT2D eigenvalue weighted by Crippen LogP contribution is 2.26. The summed E-state index contributed by atoms with van der Waals surface area (Å²) >= 11 is 0. The standard InChI is InChI=1S/C11H16N2O4/c14-9-5-4-8(12-9)10(15)13-7-3-1-2-6(7)11(16)17/h6-8H,1-5H2,(H,12,14)(H,13,15)(H,16,17). The van der Waals surface area contributed by atoms with Crippen molar-refractivity contribution in [3.63, 3.8) is 0 Å². The minimum atomic E-state index is -0.858. The molecule has 6 heteroatoms. The zero-order chi connectivity index (χ0) is 12.4. The summed E-state index contributed by atoms with van der Waals surface area (Å²) in [5.74, 6) is -1.72. The minimum Gasteiger partial charge on any atom is -0.481 e. The lowest BCUT2D eigenvalue weighted by Gasteiger charge is -2.19. The predicted molar refractivity (Wildman–Crippen MR) is 58.1 cm³/mol. The number of carbonyl (C=O) groups is 3. The van der Waals surface area contributed by atoms with Gasteiger partial charge in [0.05, 0.1) is 5.92 Å². The monoisotopic (exact) mass is 240 g/mol. The van der Waals surface area contributed by atoms with Crippen LogP contribution in [0, 0.1) is 5.92 Å². The Bertz CT molecular complexity index is 355. The topological polar surface area (TPSA) is 95.5 Å². The second kappa shape index (κ2) is 4.73. The lowest BCUT2D eigenvalue weighted by molar-refractivity contribution is -0.142. The van der Waals surface area contributed by atoms with Crippen LogP contribution >= 0.6 is 0 Å². The first-order valence-electron chi connectivity index (χ1n) is 5.90. The van der Waals surface area contributed by atoms with Crippen LogP contribution in [0.3, 0.4) is 0 Å². The van der Waals surface area contributed by atoms with E-state index >= 15 is 0 Å². The summed E-state index contributed by atoms with van der Waals surface area (Å²) in [6.45, 7) is 0. The molecule has 1 heterocycles. The fourth-order valence-electron chi connectivity index (χ4n) is 2.52. The van der Waals surface area contributed by atoms with Crippen LogP contribution < -0.4 is 10.6 Å². The van der Waals surface area contributed by atoms with Crippen LogP contribution in [-0.4, -0.2) is 35.0 Å². The molecule has 1 saturated carbocycles. The third kappa shape index (κ3) is 2.57. The summed E-state index contributed by atoms with van der Waals surface area (Å²) < 4.78 is 0. The van der Waals surface area contributed by atoms with E-state index in [1.54, 1.807) is 0 Å². The van der Waals surface area contributed by atoms with Gasteiger partial charge in [0.1, 0.15) is 6.04 Å². The number of carboxylic acids is 1. The Kier molecular flexibility index (Phi) is 3.31. The smallest absolute Gasteiger partial charge is 0.308 e. The summed E-state index contributed by atoms with van der Waals surface area (Å²) in [4.78, 5) is 33.7. The van der Waals surface area contributed by atoms with Gasteiger partial charge >= 0.3 is 5.97 Å². The van der Waals surface area contributed by atoms with Gasteiger partial charge in [-0.15, -0.1) is 0 Å². The van der Waals surface area contributed by atoms with Gasteiger partial charge in [-0.05, 0) is 19.3 Å². The van der Waals surface area contributed by atoms with Crippen LogP contribution in [-0.2, 0) is 14.4 Å².